The van der Waals surface area contributed by atoms with E-state index < -0.39 is 16.8 Å². The van der Waals surface area contributed by atoms with Crippen molar-refractivity contribution < 1.29 is 19.5 Å². The maximum atomic E-state index is 14.4. The Balaban J connectivity index is 1.66. The first-order chi connectivity index (χ1) is 17.5. The van der Waals surface area contributed by atoms with Gasteiger partial charge in [0, 0.05) is 23.2 Å². The molecule has 3 fully saturated rings. The summed E-state index contributed by atoms with van der Waals surface area (Å²) in [4.78, 5) is 43.0. The van der Waals surface area contributed by atoms with E-state index in [1.54, 1.807) is 0 Å². The zero-order chi connectivity index (χ0) is 28.1. The third-order valence-corrected chi connectivity index (χ3v) is 12.9. The molecule has 0 bridgehead atoms. The second kappa shape index (κ2) is 8.15. The second-order valence-electron chi connectivity index (χ2n) is 15.5. The smallest absolute Gasteiger partial charge is 0.303 e. The zero-order valence-electron chi connectivity index (χ0n) is 24.4. The van der Waals surface area contributed by atoms with Crippen LogP contribution in [0.4, 0.5) is 0 Å². The topological polar surface area (TPSA) is 75.8 Å². The van der Waals surface area contributed by atoms with Crippen LogP contribution in [0.5, 0.6) is 0 Å². The van der Waals surface area contributed by atoms with Crippen molar-refractivity contribution in [2.75, 3.05) is 0 Å². The molecule has 0 unspecified atom stereocenters. The molecule has 0 aromatic rings. The predicted molar refractivity (Wildman–Crippen MR) is 147 cm³/mol. The SMILES string of the molecule is [C-]#[N+]C1=C[C@]2(C)C3=CC(=O)[C@@H]4[C@@H]5CC(C)(C)CC[C@]5(CCC(=O)O)CC[C@@]4(C)[C@]3(C)CC[C@H]2C(C)(C)C1=O. The monoisotopic (exact) mass is 519 g/mol. The molecule has 3 saturated carbocycles. The van der Waals surface area contributed by atoms with Crippen LogP contribution >= 0.6 is 0 Å². The van der Waals surface area contributed by atoms with Gasteiger partial charge in [0.2, 0.25) is 5.70 Å². The maximum Gasteiger partial charge on any atom is 0.303 e. The molecule has 5 rings (SSSR count). The number of hydrogen-bond acceptors (Lipinski definition) is 3. The van der Waals surface area contributed by atoms with Gasteiger partial charge in [-0.05, 0) is 90.9 Å². The molecule has 0 aromatic heterocycles. The van der Waals surface area contributed by atoms with Gasteiger partial charge in [0.25, 0.3) is 0 Å². The first kappa shape index (κ1) is 27.4. The number of aliphatic carboxylic acids is 1. The Kier molecular flexibility index (Phi) is 5.87. The Labute approximate surface area is 228 Å². The molecule has 5 heteroatoms. The van der Waals surface area contributed by atoms with Gasteiger partial charge in [-0.2, -0.15) is 0 Å². The Morgan fingerprint density at radius 3 is 2.32 bits per heavy atom. The fourth-order valence-corrected chi connectivity index (χ4v) is 10.5. The molecule has 5 aliphatic rings. The van der Waals surface area contributed by atoms with Crippen molar-refractivity contribution in [3.8, 4) is 0 Å². The van der Waals surface area contributed by atoms with Crippen LogP contribution in [0, 0.1) is 56.8 Å². The van der Waals surface area contributed by atoms with Gasteiger partial charge in [-0.15, -0.1) is 0 Å². The first-order valence-corrected chi connectivity index (χ1v) is 14.6. The van der Waals surface area contributed by atoms with Crippen molar-refractivity contribution in [2.24, 2.45) is 50.2 Å². The van der Waals surface area contributed by atoms with E-state index in [0.717, 1.165) is 50.5 Å². The average Bonchev–Trinajstić information content (AvgIpc) is 2.82. The first-order valence-electron chi connectivity index (χ1n) is 14.6. The number of carboxylic acids is 1. The number of hydrogen-bond donors (Lipinski definition) is 1. The van der Waals surface area contributed by atoms with Crippen molar-refractivity contribution in [3.05, 3.63) is 34.8 Å². The summed E-state index contributed by atoms with van der Waals surface area (Å²) >= 11 is 0. The van der Waals surface area contributed by atoms with Gasteiger partial charge in [0.15, 0.2) is 11.6 Å². The minimum absolute atomic E-state index is 0.0483. The van der Waals surface area contributed by atoms with Crippen LogP contribution in [0.15, 0.2) is 23.4 Å². The Hall–Kier alpha value is -2.22. The van der Waals surface area contributed by atoms with Gasteiger partial charge >= 0.3 is 5.97 Å². The van der Waals surface area contributed by atoms with Crippen molar-refractivity contribution in [1.29, 1.82) is 0 Å². The second-order valence-corrected chi connectivity index (χ2v) is 15.5. The molecule has 0 aliphatic heterocycles. The van der Waals surface area contributed by atoms with Gasteiger partial charge < -0.3 is 9.90 Å². The van der Waals surface area contributed by atoms with E-state index in [2.05, 4.69) is 39.5 Å². The zero-order valence-corrected chi connectivity index (χ0v) is 24.4. The molecule has 0 radical (unpaired) electrons. The molecule has 0 aromatic carbocycles. The fourth-order valence-electron chi connectivity index (χ4n) is 10.5. The molecule has 206 valence electrons. The normalized spacial score (nSPS) is 44.8. The lowest BCUT2D eigenvalue weighted by Gasteiger charge is -2.69. The van der Waals surface area contributed by atoms with Crippen LogP contribution in [0.3, 0.4) is 0 Å². The van der Waals surface area contributed by atoms with Crippen molar-refractivity contribution in [1.82, 2.24) is 0 Å². The molecular weight excluding hydrogens is 474 g/mol. The molecule has 38 heavy (non-hydrogen) atoms. The lowest BCUT2D eigenvalue weighted by Crippen LogP contribution is -2.64. The summed E-state index contributed by atoms with van der Waals surface area (Å²) in [7, 11) is 0. The minimum atomic E-state index is -0.747. The number of rotatable bonds is 3. The Morgan fingerprint density at radius 1 is 1.03 bits per heavy atom. The van der Waals surface area contributed by atoms with Gasteiger partial charge in [-0.1, -0.05) is 60.1 Å². The highest BCUT2D eigenvalue weighted by Gasteiger charge is 2.69. The van der Waals surface area contributed by atoms with E-state index in [1.165, 1.54) is 0 Å². The van der Waals surface area contributed by atoms with Gasteiger partial charge in [-0.25, -0.2) is 4.85 Å². The lowest BCUT2D eigenvalue weighted by atomic mass is 9.34. The van der Waals surface area contributed by atoms with E-state index in [0.29, 0.717) is 6.42 Å². The fraction of sp³-hybridized carbons (Fsp3) is 0.758. The molecular formula is C33H45NO4. The number of carbonyl (C=O) groups is 3. The van der Waals surface area contributed by atoms with Crippen LogP contribution in [0.1, 0.15) is 106 Å². The molecule has 0 spiro atoms. The third-order valence-electron chi connectivity index (χ3n) is 12.9. The standard InChI is InChI=1S/C33H45NO4/c1-28(2)13-15-33(12-10-25(36)37)16-14-32(7)26(20(33)18-28)22(35)17-24-30(5)19-21(34-8)27(38)29(3,4)23(30)9-11-31(24,32)6/h17,19-20,23,26H,9-16,18H2,1-7H3,(H,36,37)/t20-,23-,26-,30-,31+,32+,33+/m0/s1. The number of fused-ring (bicyclic) bond motifs is 7. The third kappa shape index (κ3) is 3.44. The summed E-state index contributed by atoms with van der Waals surface area (Å²) in [6.07, 6.45) is 11.4. The van der Waals surface area contributed by atoms with Crippen LogP contribution in [-0.4, -0.2) is 22.6 Å². The lowest BCUT2D eigenvalue weighted by molar-refractivity contribution is -0.173. The summed E-state index contributed by atoms with van der Waals surface area (Å²) in [6, 6.07) is 0. The van der Waals surface area contributed by atoms with E-state index in [4.69, 9.17) is 6.57 Å². The summed E-state index contributed by atoms with van der Waals surface area (Å²) < 4.78 is 0. The number of ketones is 2. The maximum absolute atomic E-state index is 14.4. The largest absolute Gasteiger partial charge is 0.481 e. The molecule has 1 N–H and O–H groups in total. The van der Waals surface area contributed by atoms with E-state index >= 15 is 0 Å². The Morgan fingerprint density at radius 2 is 1.68 bits per heavy atom. The number of allylic oxidation sites excluding steroid dienone is 4. The highest BCUT2D eigenvalue weighted by Crippen LogP contribution is 2.75. The van der Waals surface area contributed by atoms with Crippen LogP contribution in [-0.2, 0) is 14.4 Å². The Bertz CT molecular complexity index is 1220. The highest BCUT2D eigenvalue weighted by atomic mass is 16.4. The summed E-state index contributed by atoms with van der Waals surface area (Å²) in [5.41, 5.74) is -0.264. The molecule has 5 nitrogen and oxygen atoms in total. The number of carbonyl (C=O) groups excluding carboxylic acids is 2. The van der Waals surface area contributed by atoms with Crippen molar-refractivity contribution in [3.63, 3.8) is 0 Å². The predicted octanol–water partition coefficient (Wildman–Crippen LogP) is 7.42. The van der Waals surface area contributed by atoms with E-state index in [-0.39, 0.29) is 63.1 Å². The highest BCUT2D eigenvalue weighted by molar-refractivity contribution is 6.03. The molecule has 0 heterocycles. The van der Waals surface area contributed by atoms with Crippen molar-refractivity contribution in [2.45, 2.75) is 106 Å². The summed E-state index contributed by atoms with van der Waals surface area (Å²) in [5, 5.41) is 9.58. The van der Waals surface area contributed by atoms with Crippen molar-refractivity contribution >= 4 is 17.5 Å². The number of carboxylic acid groups (broad SMARTS) is 1. The van der Waals surface area contributed by atoms with Gasteiger partial charge in [0.1, 0.15) is 0 Å². The summed E-state index contributed by atoms with van der Waals surface area (Å²) in [5.74, 6) is -0.528. The average molecular weight is 520 g/mol. The minimum Gasteiger partial charge on any atom is -0.481 e. The molecule has 5 aliphatic carbocycles. The van der Waals surface area contributed by atoms with Gasteiger partial charge in [-0.3, -0.25) is 9.59 Å². The molecule has 0 saturated heterocycles. The van der Waals surface area contributed by atoms with E-state index in [1.807, 2.05) is 26.0 Å². The van der Waals surface area contributed by atoms with Crippen LogP contribution in [0.25, 0.3) is 4.85 Å². The van der Waals surface area contributed by atoms with Crippen LogP contribution < -0.4 is 0 Å². The number of Topliss-reactive ketones (excluding diaryl/α,β-unsaturated/α-hetero) is 1. The molecule has 0 amide bonds. The number of nitrogens with zero attached hydrogens (tertiary/aromatic N) is 1. The van der Waals surface area contributed by atoms with Crippen LogP contribution in [0.2, 0.25) is 0 Å². The van der Waals surface area contributed by atoms with Gasteiger partial charge in [0.05, 0.1) is 6.57 Å². The van der Waals surface area contributed by atoms with E-state index in [9.17, 15) is 19.5 Å². The molecule has 7 atom stereocenters. The summed E-state index contributed by atoms with van der Waals surface area (Å²) in [6.45, 7) is 23.2. The quantitative estimate of drug-likeness (QED) is 0.394.